The van der Waals surface area contributed by atoms with Gasteiger partial charge in [-0.3, -0.25) is 14.4 Å². The molecular weight excluding hydrogens is 901 g/mol. The average Bonchev–Trinajstić information content (AvgIpc) is 3.39. The van der Waals surface area contributed by atoms with Crippen LogP contribution in [0.1, 0.15) is 393 Å². The van der Waals surface area contributed by atoms with Crippen molar-refractivity contribution < 1.29 is 28.6 Å². The lowest BCUT2D eigenvalue weighted by Gasteiger charge is -2.18. The Labute approximate surface area is 457 Å². The van der Waals surface area contributed by atoms with Crippen molar-refractivity contribution in [3.63, 3.8) is 0 Å². The molecule has 1 atom stereocenters. The molecule has 0 aliphatic carbocycles. The van der Waals surface area contributed by atoms with E-state index in [9.17, 15) is 14.4 Å². The van der Waals surface area contributed by atoms with Crippen molar-refractivity contribution in [2.75, 3.05) is 13.2 Å². The SMILES string of the molecule is CCCCCCCCCCCCCCCCCCCCCCCCCCC(=O)OCC(COC(=O)CCCCCCCCCC)OC(=O)CCCCCCCCCCCCCCCCCCCCCCCCC. The minimum absolute atomic E-state index is 0.0611. The minimum Gasteiger partial charge on any atom is -0.462 e. The van der Waals surface area contributed by atoms with E-state index < -0.39 is 6.10 Å². The van der Waals surface area contributed by atoms with Crippen LogP contribution in [0.5, 0.6) is 0 Å². The fourth-order valence-electron chi connectivity index (χ4n) is 10.6. The van der Waals surface area contributed by atoms with Gasteiger partial charge in [0, 0.05) is 19.3 Å². The molecule has 0 aliphatic heterocycles. The second-order valence-corrected chi connectivity index (χ2v) is 23.1. The van der Waals surface area contributed by atoms with E-state index in [2.05, 4.69) is 20.8 Å². The quantitative estimate of drug-likeness (QED) is 0.0343. The summed E-state index contributed by atoms with van der Waals surface area (Å²) < 4.78 is 16.9. The summed E-state index contributed by atoms with van der Waals surface area (Å²) in [7, 11) is 0. The smallest absolute Gasteiger partial charge is 0.306 e. The molecule has 0 amide bonds. The van der Waals surface area contributed by atoms with Crippen molar-refractivity contribution >= 4 is 17.9 Å². The van der Waals surface area contributed by atoms with Gasteiger partial charge < -0.3 is 14.2 Å². The number of hydrogen-bond acceptors (Lipinski definition) is 6. The van der Waals surface area contributed by atoms with Crippen molar-refractivity contribution in [2.24, 2.45) is 0 Å². The van der Waals surface area contributed by atoms with E-state index >= 15 is 0 Å². The third kappa shape index (κ3) is 61.1. The van der Waals surface area contributed by atoms with Crippen LogP contribution in [0, 0.1) is 0 Å². The molecular formula is C67H130O6. The summed E-state index contributed by atoms with van der Waals surface area (Å²) in [4.78, 5) is 38.2. The van der Waals surface area contributed by atoms with Gasteiger partial charge in [0.15, 0.2) is 6.10 Å². The maximum atomic E-state index is 12.9. The molecule has 73 heavy (non-hydrogen) atoms. The van der Waals surface area contributed by atoms with Crippen LogP contribution in [0.25, 0.3) is 0 Å². The van der Waals surface area contributed by atoms with Gasteiger partial charge in [0.2, 0.25) is 0 Å². The summed E-state index contributed by atoms with van der Waals surface area (Å²) >= 11 is 0. The second kappa shape index (κ2) is 62.9. The Morgan fingerprint density at radius 1 is 0.219 bits per heavy atom. The van der Waals surface area contributed by atoms with Crippen molar-refractivity contribution in [1.82, 2.24) is 0 Å². The van der Waals surface area contributed by atoms with E-state index in [0.29, 0.717) is 19.3 Å². The highest BCUT2D eigenvalue weighted by atomic mass is 16.6. The van der Waals surface area contributed by atoms with Gasteiger partial charge >= 0.3 is 17.9 Å². The molecule has 0 N–H and O–H groups in total. The van der Waals surface area contributed by atoms with Crippen LogP contribution in [0.15, 0.2) is 0 Å². The van der Waals surface area contributed by atoms with Crippen molar-refractivity contribution in [3.8, 4) is 0 Å². The molecule has 0 aromatic heterocycles. The summed E-state index contributed by atoms with van der Waals surface area (Å²) in [6.45, 7) is 6.70. The topological polar surface area (TPSA) is 78.9 Å². The fourth-order valence-corrected chi connectivity index (χ4v) is 10.6. The van der Waals surface area contributed by atoms with E-state index in [-0.39, 0.29) is 31.1 Å². The minimum atomic E-state index is -0.761. The maximum absolute atomic E-state index is 12.9. The molecule has 1 unspecified atom stereocenters. The number of hydrogen-bond donors (Lipinski definition) is 0. The largest absolute Gasteiger partial charge is 0.462 e. The Balaban J connectivity index is 4.07. The molecule has 0 aromatic rings. The maximum Gasteiger partial charge on any atom is 0.306 e. The number of rotatable bonds is 63. The monoisotopic (exact) mass is 1030 g/mol. The molecule has 0 saturated heterocycles. The van der Waals surface area contributed by atoms with Gasteiger partial charge in [0.1, 0.15) is 13.2 Å². The zero-order valence-electron chi connectivity index (χ0n) is 50.0. The van der Waals surface area contributed by atoms with Gasteiger partial charge in [-0.05, 0) is 19.3 Å². The Hall–Kier alpha value is -1.59. The number of esters is 3. The standard InChI is InChI=1S/C67H130O6/c1-4-7-10-13-16-19-21-23-25-27-29-31-33-35-36-38-40-42-44-46-48-51-54-57-60-66(69)72-63-64(62-71-65(68)59-56-53-50-18-15-12-9-6-3)73-67(70)61-58-55-52-49-47-45-43-41-39-37-34-32-30-28-26-24-22-20-17-14-11-8-5-2/h64H,4-63H2,1-3H3. The Kier molecular flexibility index (Phi) is 61.6. The highest BCUT2D eigenvalue weighted by Crippen LogP contribution is 2.19. The van der Waals surface area contributed by atoms with Crippen LogP contribution in [-0.4, -0.2) is 37.2 Å². The van der Waals surface area contributed by atoms with Gasteiger partial charge in [0.25, 0.3) is 0 Å². The molecule has 434 valence electrons. The zero-order chi connectivity index (χ0) is 52.9. The van der Waals surface area contributed by atoms with Crippen LogP contribution in [0.2, 0.25) is 0 Å². The first-order valence-electron chi connectivity index (χ1n) is 33.5. The van der Waals surface area contributed by atoms with Crippen LogP contribution >= 0.6 is 0 Å². The number of unbranched alkanes of at least 4 members (excludes halogenated alkanes) is 52. The Bertz CT molecular complexity index is 1090. The van der Waals surface area contributed by atoms with Crippen LogP contribution in [-0.2, 0) is 28.6 Å². The predicted molar refractivity (Wildman–Crippen MR) is 317 cm³/mol. The first kappa shape index (κ1) is 71.4. The molecule has 6 heteroatoms. The van der Waals surface area contributed by atoms with Gasteiger partial charge in [-0.15, -0.1) is 0 Å². The fraction of sp³-hybridized carbons (Fsp3) is 0.955. The van der Waals surface area contributed by atoms with E-state index in [1.54, 1.807) is 0 Å². The Morgan fingerprint density at radius 2 is 0.370 bits per heavy atom. The third-order valence-electron chi connectivity index (χ3n) is 15.6. The molecule has 6 nitrogen and oxygen atoms in total. The van der Waals surface area contributed by atoms with Gasteiger partial charge in [-0.2, -0.15) is 0 Å². The molecule has 0 heterocycles. The normalized spacial score (nSPS) is 11.9. The lowest BCUT2D eigenvalue weighted by atomic mass is 10.0. The van der Waals surface area contributed by atoms with Crippen molar-refractivity contribution in [2.45, 2.75) is 399 Å². The van der Waals surface area contributed by atoms with Crippen LogP contribution in [0.4, 0.5) is 0 Å². The summed E-state index contributed by atoms with van der Waals surface area (Å²) in [5, 5.41) is 0. The third-order valence-corrected chi connectivity index (χ3v) is 15.6. The van der Waals surface area contributed by atoms with E-state index in [0.717, 1.165) is 57.8 Å². The highest BCUT2D eigenvalue weighted by Gasteiger charge is 2.19. The molecule has 0 fully saturated rings. The average molecular weight is 1030 g/mol. The van der Waals surface area contributed by atoms with E-state index in [1.165, 1.54) is 295 Å². The van der Waals surface area contributed by atoms with E-state index in [4.69, 9.17) is 14.2 Å². The van der Waals surface area contributed by atoms with Crippen molar-refractivity contribution in [1.29, 1.82) is 0 Å². The number of carbonyl (C=O) groups excluding carboxylic acids is 3. The van der Waals surface area contributed by atoms with Gasteiger partial charge in [0.05, 0.1) is 0 Å². The summed E-state index contributed by atoms with van der Waals surface area (Å²) in [5.74, 6) is -0.831. The second-order valence-electron chi connectivity index (χ2n) is 23.1. The summed E-state index contributed by atoms with van der Waals surface area (Å²) in [6, 6.07) is 0. The number of carbonyl (C=O) groups is 3. The molecule has 0 aromatic carbocycles. The summed E-state index contributed by atoms with van der Waals surface area (Å²) in [5.41, 5.74) is 0. The molecule has 0 radical (unpaired) electrons. The molecule has 0 aliphatic rings. The number of ether oxygens (including phenoxy) is 3. The van der Waals surface area contributed by atoms with E-state index in [1.807, 2.05) is 0 Å². The Morgan fingerprint density at radius 3 is 0.548 bits per heavy atom. The predicted octanol–water partition coefficient (Wildman–Crippen LogP) is 22.7. The molecule has 0 bridgehead atoms. The summed E-state index contributed by atoms with van der Waals surface area (Å²) in [6.07, 6.45) is 72.9. The van der Waals surface area contributed by atoms with Crippen LogP contribution < -0.4 is 0 Å². The molecule has 0 spiro atoms. The van der Waals surface area contributed by atoms with Gasteiger partial charge in [-0.25, -0.2) is 0 Å². The van der Waals surface area contributed by atoms with Crippen molar-refractivity contribution in [3.05, 3.63) is 0 Å². The molecule has 0 saturated carbocycles. The first-order valence-corrected chi connectivity index (χ1v) is 33.5. The molecule has 0 rings (SSSR count). The lowest BCUT2D eigenvalue weighted by molar-refractivity contribution is -0.167. The van der Waals surface area contributed by atoms with Crippen LogP contribution in [0.3, 0.4) is 0 Å². The lowest BCUT2D eigenvalue weighted by Crippen LogP contribution is -2.30. The zero-order valence-corrected chi connectivity index (χ0v) is 50.0. The van der Waals surface area contributed by atoms with Gasteiger partial charge in [-0.1, -0.05) is 355 Å². The highest BCUT2D eigenvalue weighted by molar-refractivity contribution is 5.71. The first-order chi connectivity index (χ1) is 36.0.